The average molecular weight is 420 g/mol. The Morgan fingerprint density at radius 3 is 2.40 bits per heavy atom. The molecule has 0 unspecified atom stereocenters. The fraction of sp³-hybridized carbons (Fsp3) is 0.130. The first-order valence-electron chi connectivity index (χ1n) is 9.51. The highest BCUT2D eigenvalue weighted by atomic mass is 32.2. The third-order valence-electron chi connectivity index (χ3n) is 5.09. The fourth-order valence-electron chi connectivity index (χ4n) is 3.63. The van der Waals surface area contributed by atoms with Crippen molar-refractivity contribution in [2.75, 3.05) is 16.2 Å². The number of Topliss-reactive ketones (excluding diaryl/α,β-unsaturated/α-hetero) is 1. The number of rotatable bonds is 4. The van der Waals surface area contributed by atoms with Crippen LogP contribution >= 0.6 is 0 Å². The fourth-order valence-corrected chi connectivity index (χ4v) is 5.33. The van der Waals surface area contributed by atoms with Crippen LogP contribution in [0, 0.1) is 0 Å². The molecule has 1 N–H and O–H groups in total. The number of sulfonamides is 1. The number of nitrogens with zero attached hydrogens (tertiary/aromatic N) is 1. The molecule has 30 heavy (non-hydrogen) atoms. The Bertz CT molecular complexity index is 1280. The summed E-state index contributed by atoms with van der Waals surface area (Å²) in [6, 6.07) is 18.5. The van der Waals surface area contributed by atoms with Crippen LogP contribution in [0.15, 0.2) is 71.6 Å². The van der Waals surface area contributed by atoms with Crippen LogP contribution in [0.2, 0.25) is 0 Å². The standard InChI is InChI=1S/C23H20N2O4S/c1-3-25-21-12-11-17(23(27)24-18-8-6-7-16(13-18)15(2)26)14-20(21)19-9-4-5-10-22(19)30(25,28)29/h4-14H,3H2,1-2H3,(H,24,27). The second kappa shape index (κ2) is 7.42. The highest BCUT2D eigenvalue weighted by Crippen LogP contribution is 2.43. The van der Waals surface area contributed by atoms with E-state index in [1.807, 2.05) is 0 Å². The van der Waals surface area contributed by atoms with Gasteiger partial charge in [0.2, 0.25) is 0 Å². The topological polar surface area (TPSA) is 83.6 Å². The van der Waals surface area contributed by atoms with E-state index >= 15 is 0 Å². The molecular weight excluding hydrogens is 400 g/mol. The van der Waals surface area contributed by atoms with Gasteiger partial charge in [0.15, 0.2) is 5.78 Å². The first kappa shape index (κ1) is 19.8. The average Bonchev–Trinajstić information content (AvgIpc) is 2.74. The number of fused-ring (bicyclic) bond motifs is 3. The lowest BCUT2D eigenvalue weighted by atomic mass is 10.00. The lowest BCUT2D eigenvalue weighted by molar-refractivity contribution is 0.101. The monoisotopic (exact) mass is 420 g/mol. The molecule has 1 aliphatic rings. The van der Waals surface area contributed by atoms with Crippen molar-refractivity contribution >= 4 is 33.1 Å². The van der Waals surface area contributed by atoms with Crippen LogP contribution in [0.3, 0.4) is 0 Å². The van der Waals surface area contributed by atoms with Crippen molar-refractivity contribution in [1.82, 2.24) is 0 Å². The third kappa shape index (κ3) is 3.27. The van der Waals surface area contributed by atoms with Crippen molar-refractivity contribution in [3.8, 4) is 11.1 Å². The zero-order chi connectivity index (χ0) is 21.5. The minimum Gasteiger partial charge on any atom is -0.322 e. The van der Waals surface area contributed by atoms with E-state index in [4.69, 9.17) is 0 Å². The maximum absolute atomic E-state index is 13.0. The number of benzene rings is 3. The summed E-state index contributed by atoms with van der Waals surface area (Å²) in [6.07, 6.45) is 0. The highest BCUT2D eigenvalue weighted by molar-refractivity contribution is 7.93. The van der Waals surface area contributed by atoms with E-state index in [0.29, 0.717) is 33.6 Å². The molecule has 0 fully saturated rings. The molecule has 0 spiro atoms. The van der Waals surface area contributed by atoms with E-state index in [0.717, 1.165) is 0 Å². The lowest BCUT2D eigenvalue weighted by Gasteiger charge is -2.31. The maximum Gasteiger partial charge on any atom is 0.264 e. The van der Waals surface area contributed by atoms with Crippen molar-refractivity contribution in [3.63, 3.8) is 0 Å². The van der Waals surface area contributed by atoms with Crippen LogP contribution in [-0.2, 0) is 10.0 Å². The summed E-state index contributed by atoms with van der Waals surface area (Å²) < 4.78 is 27.3. The van der Waals surface area contributed by atoms with Crippen LogP contribution in [-0.4, -0.2) is 26.7 Å². The first-order chi connectivity index (χ1) is 14.3. The van der Waals surface area contributed by atoms with Crippen molar-refractivity contribution in [1.29, 1.82) is 0 Å². The van der Waals surface area contributed by atoms with Gasteiger partial charge in [-0.1, -0.05) is 30.3 Å². The summed E-state index contributed by atoms with van der Waals surface area (Å²) in [7, 11) is -3.64. The van der Waals surface area contributed by atoms with Crippen molar-refractivity contribution in [3.05, 3.63) is 77.9 Å². The van der Waals surface area contributed by atoms with Gasteiger partial charge in [0, 0.05) is 34.5 Å². The number of amides is 1. The van der Waals surface area contributed by atoms with Gasteiger partial charge in [-0.3, -0.25) is 13.9 Å². The van der Waals surface area contributed by atoms with E-state index in [1.165, 1.54) is 11.2 Å². The first-order valence-corrected chi connectivity index (χ1v) is 11.0. The smallest absolute Gasteiger partial charge is 0.264 e. The number of ketones is 1. The number of anilines is 2. The van der Waals surface area contributed by atoms with Gasteiger partial charge in [0.1, 0.15) is 0 Å². The minimum atomic E-state index is -3.64. The molecule has 0 atom stereocenters. The van der Waals surface area contributed by atoms with E-state index in [-0.39, 0.29) is 23.1 Å². The van der Waals surface area contributed by atoms with Crippen LogP contribution in [0.4, 0.5) is 11.4 Å². The summed E-state index contributed by atoms with van der Waals surface area (Å²) in [6.45, 7) is 3.53. The summed E-state index contributed by atoms with van der Waals surface area (Å²) in [5, 5.41) is 2.80. The minimum absolute atomic E-state index is 0.0858. The van der Waals surface area contributed by atoms with Gasteiger partial charge in [0.25, 0.3) is 15.9 Å². The molecule has 6 nitrogen and oxygen atoms in total. The largest absolute Gasteiger partial charge is 0.322 e. The Kier molecular flexibility index (Phi) is 4.91. The van der Waals surface area contributed by atoms with Gasteiger partial charge in [-0.25, -0.2) is 8.42 Å². The second-order valence-corrected chi connectivity index (χ2v) is 8.82. The van der Waals surface area contributed by atoms with E-state index < -0.39 is 10.0 Å². The van der Waals surface area contributed by atoms with E-state index in [1.54, 1.807) is 73.7 Å². The van der Waals surface area contributed by atoms with Gasteiger partial charge in [-0.2, -0.15) is 0 Å². The molecule has 0 saturated carbocycles. The highest BCUT2D eigenvalue weighted by Gasteiger charge is 2.34. The summed E-state index contributed by atoms with van der Waals surface area (Å²) in [5.74, 6) is -0.426. The second-order valence-electron chi connectivity index (χ2n) is 6.99. The zero-order valence-electron chi connectivity index (χ0n) is 16.5. The molecule has 152 valence electrons. The van der Waals surface area contributed by atoms with E-state index in [9.17, 15) is 18.0 Å². The predicted octanol–water partition coefficient (Wildman–Crippen LogP) is 4.34. The Hall–Kier alpha value is -3.45. The van der Waals surface area contributed by atoms with Crippen LogP contribution < -0.4 is 9.62 Å². The SMILES string of the molecule is CCN1c2ccc(C(=O)Nc3cccc(C(C)=O)c3)cc2-c2ccccc2S1(=O)=O. The molecule has 4 rings (SSSR count). The predicted molar refractivity (Wildman–Crippen MR) is 116 cm³/mol. The van der Waals surface area contributed by atoms with Crippen LogP contribution in [0.5, 0.6) is 0 Å². The molecule has 0 aromatic heterocycles. The molecule has 3 aromatic rings. The van der Waals surface area contributed by atoms with Gasteiger partial charge in [-0.15, -0.1) is 0 Å². The quantitative estimate of drug-likeness (QED) is 0.637. The van der Waals surface area contributed by atoms with Gasteiger partial charge < -0.3 is 5.32 Å². The summed E-state index contributed by atoms with van der Waals surface area (Å²) >= 11 is 0. The molecule has 0 saturated heterocycles. The Balaban J connectivity index is 1.75. The molecule has 7 heteroatoms. The van der Waals surface area contributed by atoms with E-state index in [2.05, 4.69) is 5.32 Å². The van der Waals surface area contributed by atoms with Crippen molar-refractivity contribution < 1.29 is 18.0 Å². The van der Waals surface area contributed by atoms with Gasteiger partial charge in [-0.05, 0) is 50.2 Å². The Morgan fingerprint density at radius 2 is 1.67 bits per heavy atom. The molecule has 1 heterocycles. The zero-order valence-corrected chi connectivity index (χ0v) is 17.4. The molecule has 1 amide bonds. The molecule has 0 aliphatic carbocycles. The Morgan fingerprint density at radius 1 is 0.900 bits per heavy atom. The summed E-state index contributed by atoms with van der Waals surface area (Å²) in [5.41, 5.74) is 3.23. The molecule has 1 aliphatic heterocycles. The molecule has 3 aromatic carbocycles. The van der Waals surface area contributed by atoms with Crippen LogP contribution in [0.1, 0.15) is 34.6 Å². The normalized spacial score (nSPS) is 13.9. The number of nitrogens with one attached hydrogen (secondary N) is 1. The van der Waals surface area contributed by atoms with Crippen molar-refractivity contribution in [2.45, 2.75) is 18.7 Å². The maximum atomic E-state index is 13.0. The number of hydrogen-bond acceptors (Lipinski definition) is 4. The Labute approximate surface area is 175 Å². The number of carbonyl (C=O) groups excluding carboxylic acids is 2. The van der Waals surface area contributed by atoms with Gasteiger partial charge in [0.05, 0.1) is 10.6 Å². The molecule has 0 bridgehead atoms. The number of hydrogen-bond donors (Lipinski definition) is 1. The van der Waals surface area contributed by atoms with Gasteiger partial charge >= 0.3 is 0 Å². The molecule has 0 radical (unpaired) electrons. The van der Waals surface area contributed by atoms with Crippen LogP contribution in [0.25, 0.3) is 11.1 Å². The third-order valence-corrected chi connectivity index (χ3v) is 7.03. The molecular formula is C23H20N2O4S. The van der Waals surface area contributed by atoms with Crippen molar-refractivity contribution in [2.24, 2.45) is 0 Å². The lowest BCUT2D eigenvalue weighted by Crippen LogP contribution is -2.34. The summed E-state index contributed by atoms with van der Waals surface area (Å²) in [4.78, 5) is 24.6. The number of carbonyl (C=O) groups is 2.